The molecule has 0 bridgehead atoms. The van der Waals surface area contributed by atoms with Gasteiger partial charge in [0.1, 0.15) is 0 Å². The summed E-state index contributed by atoms with van der Waals surface area (Å²) >= 11 is 1.98. The summed E-state index contributed by atoms with van der Waals surface area (Å²) in [6.07, 6.45) is 5.57. The maximum absolute atomic E-state index is 3.55. The molecule has 0 unspecified atom stereocenters. The Hall–Kier alpha value is -2.91. The highest BCUT2D eigenvalue weighted by molar-refractivity contribution is 7.99. The first-order chi connectivity index (χ1) is 14.3. The molecule has 3 aromatic carbocycles. The molecule has 1 aliphatic heterocycles. The third-order valence-electron chi connectivity index (χ3n) is 6.43. The molecule has 0 radical (unpaired) electrons. The fourth-order valence-corrected chi connectivity index (χ4v) is 6.29. The van der Waals surface area contributed by atoms with Crippen molar-refractivity contribution in [1.82, 2.24) is 9.97 Å². The lowest BCUT2D eigenvalue weighted by Gasteiger charge is -2.39. The fraction of sp³-hybridized carbons (Fsp3) is 0.154. The van der Waals surface area contributed by atoms with E-state index in [1.165, 1.54) is 49.0 Å². The first kappa shape index (κ1) is 17.0. The number of para-hydroxylation sites is 2. The number of aryl methyl sites for hydroxylation is 1. The van der Waals surface area contributed by atoms with E-state index in [1.807, 2.05) is 11.8 Å². The number of hydrogen-bond donors (Lipinski definition) is 2. The van der Waals surface area contributed by atoms with Gasteiger partial charge in [0, 0.05) is 39.1 Å². The lowest BCUT2D eigenvalue weighted by Crippen LogP contribution is -2.33. The first-order valence-electron chi connectivity index (χ1n) is 10.1. The predicted octanol–water partition coefficient (Wildman–Crippen LogP) is 6.79. The molecule has 0 amide bonds. The van der Waals surface area contributed by atoms with Crippen LogP contribution >= 0.6 is 11.8 Å². The number of rotatable bonds is 2. The Balaban J connectivity index is 1.77. The zero-order valence-corrected chi connectivity index (χ0v) is 17.1. The van der Waals surface area contributed by atoms with E-state index in [9.17, 15) is 0 Å². The van der Waals surface area contributed by atoms with Gasteiger partial charge in [0.05, 0.1) is 5.41 Å². The largest absolute Gasteiger partial charge is 0.361 e. The van der Waals surface area contributed by atoms with E-state index >= 15 is 0 Å². The maximum Gasteiger partial charge on any atom is 0.0512 e. The molecule has 0 spiro atoms. The Bertz CT molecular complexity index is 1280. The lowest BCUT2D eigenvalue weighted by atomic mass is 9.67. The summed E-state index contributed by atoms with van der Waals surface area (Å²) in [5, 5.41) is 2.63. The molecule has 3 heteroatoms. The van der Waals surface area contributed by atoms with Crippen molar-refractivity contribution in [2.24, 2.45) is 0 Å². The number of benzene rings is 3. The summed E-state index contributed by atoms with van der Waals surface area (Å²) in [4.78, 5) is 8.50. The zero-order chi connectivity index (χ0) is 19.4. The lowest BCUT2D eigenvalue weighted by molar-refractivity contribution is 0.587. The van der Waals surface area contributed by atoms with Crippen LogP contribution in [0.2, 0.25) is 0 Å². The van der Waals surface area contributed by atoms with Gasteiger partial charge in [-0.05, 0) is 54.0 Å². The average molecular weight is 395 g/mol. The Labute approximate surface area is 174 Å². The van der Waals surface area contributed by atoms with Gasteiger partial charge in [-0.1, -0.05) is 54.1 Å². The van der Waals surface area contributed by atoms with E-state index in [-0.39, 0.29) is 5.41 Å². The van der Waals surface area contributed by atoms with E-state index < -0.39 is 0 Å². The van der Waals surface area contributed by atoms with Crippen LogP contribution in [0.3, 0.4) is 0 Å². The molecule has 0 atom stereocenters. The fourth-order valence-electron chi connectivity index (χ4n) is 5.11. The number of H-pyrrole nitrogens is 2. The van der Waals surface area contributed by atoms with Crippen LogP contribution in [-0.2, 0) is 5.41 Å². The minimum Gasteiger partial charge on any atom is -0.361 e. The van der Waals surface area contributed by atoms with Crippen molar-refractivity contribution in [3.05, 3.63) is 101 Å². The van der Waals surface area contributed by atoms with Crippen molar-refractivity contribution < 1.29 is 0 Å². The summed E-state index contributed by atoms with van der Waals surface area (Å²) in [6.45, 7) is 2.20. The van der Waals surface area contributed by atoms with Crippen LogP contribution in [0.25, 0.3) is 21.8 Å². The molecule has 29 heavy (non-hydrogen) atoms. The molecule has 0 fully saturated rings. The minimum atomic E-state index is -0.175. The van der Waals surface area contributed by atoms with Crippen molar-refractivity contribution in [3.63, 3.8) is 0 Å². The van der Waals surface area contributed by atoms with Crippen LogP contribution in [0.4, 0.5) is 0 Å². The quantitative estimate of drug-likeness (QED) is 0.339. The highest BCUT2D eigenvalue weighted by Gasteiger charge is 2.43. The second-order valence-electron chi connectivity index (χ2n) is 8.00. The molecule has 142 valence electrons. The molecular formula is C26H22N2S. The third-order valence-corrected chi connectivity index (χ3v) is 7.50. The third kappa shape index (κ3) is 2.37. The normalized spacial score (nSPS) is 15.6. The van der Waals surface area contributed by atoms with Crippen LogP contribution < -0.4 is 0 Å². The van der Waals surface area contributed by atoms with Crippen molar-refractivity contribution in [3.8, 4) is 0 Å². The summed E-state index contributed by atoms with van der Waals surface area (Å²) < 4.78 is 0. The Morgan fingerprint density at radius 1 is 0.759 bits per heavy atom. The van der Waals surface area contributed by atoms with Crippen molar-refractivity contribution in [2.45, 2.75) is 23.7 Å². The first-order valence-corrected chi connectivity index (χ1v) is 11.1. The number of fused-ring (bicyclic) bond motifs is 3. The van der Waals surface area contributed by atoms with Gasteiger partial charge < -0.3 is 9.97 Å². The molecule has 2 aromatic heterocycles. The standard InChI is InChI=1S/C26H22N2S/c1-17-10-11-25-20(14-17)26(12-13-29-25,21-15-27-23-8-4-2-6-18(21)23)22-16-28-24-9-5-3-7-19(22)24/h2-11,14-16,27-28H,12-13H2,1H3. The second kappa shape index (κ2) is 6.30. The van der Waals surface area contributed by atoms with Gasteiger partial charge in [-0.3, -0.25) is 0 Å². The Morgan fingerprint density at radius 2 is 1.38 bits per heavy atom. The van der Waals surface area contributed by atoms with Gasteiger partial charge in [-0.2, -0.15) is 0 Å². The van der Waals surface area contributed by atoms with E-state index in [4.69, 9.17) is 0 Å². The van der Waals surface area contributed by atoms with Gasteiger partial charge in [0.25, 0.3) is 0 Å². The topological polar surface area (TPSA) is 31.6 Å². The molecule has 5 aromatic rings. The molecule has 0 saturated heterocycles. The van der Waals surface area contributed by atoms with Crippen LogP contribution in [0.1, 0.15) is 28.7 Å². The highest BCUT2D eigenvalue weighted by Crippen LogP contribution is 2.53. The molecule has 2 nitrogen and oxygen atoms in total. The predicted molar refractivity (Wildman–Crippen MR) is 123 cm³/mol. The molecule has 6 rings (SSSR count). The van der Waals surface area contributed by atoms with Crippen LogP contribution in [0.5, 0.6) is 0 Å². The van der Waals surface area contributed by atoms with E-state index in [2.05, 4.69) is 96.0 Å². The number of hydrogen-bond acceptors (Lipinski definition) is 1. The molecule has 0 aliphatic carbocycles. The van der Waals surface area contributed by atoms with Gasteiger partial charge >= 0.3 is 0 Å². The molecular weight excluding hydrogens is 372 g/mol. The van der Waals surface area contributed by atoms with E-state index in [0.717, 1.165) is 12.2 Å². The monoisotopic (exact) mass is 394 g/mol. The average Bonchev–Trinajstić information content (AvgIpc) is 3.38. The van der Waals surface area contributed by atoms with E-state index in [0.29, 0.717) is 0 Å². The minimum absolute atomic E-state index is 0.175. The summed E-state index contributed by atoms with van der Waals surface area (Å²) in [6, 6.07) is 24.3. The summed E-state index contributed by atoms with van der Waals surface area (Å²) in [7, 11) is 0. The van der Waals surface area contributed by atoms with Crippen LogP contribution in [0, 0.1) is 6.92 Å². The van der Waals surface area contributed by atoms with Crippen LogP contribution in [0.15, 0.2) is 84.0 Å². The Kier molecular flexibility index (Phi) is 3.69. The number of aromatic nitrogens is 2. The zero-order valence-electron chi connectivity index (χ0n) is 16.3. The van der Waals surface area contributed by atoms with Gasteiger partial charge in [0.2, 0.25) is 0 Å². The van der Waals surface area contributed by atoms with Crippen molar-refractivity contribution >= 4 is 33.6 Å². The smallest absolute Gasteiger partial charge is 0.0512 e. The van der Waals surface area contributed by atoms with Crippen molar-refractivity contribution in [1.29, 1.82) is 0 Å². The van der Waals surface area contributed by atoms with Gasteiger partial charge in [-0.25, -0.2) is 0 Å². The molecule has 0 saturated carbocycles. The Morgan fingerprint density at radius 3 is 2.03 bits per heavy atom. The van der Waals surface area contributed by atoms with Gasteiger partial charge in [-0.15, -0.1) is 11.8 Å². The van der Waals surface area contributed by atoms with Crippen LogP contribution in [-0.4, -0.2) is 15.7 Å². The SMILES string of the molecule is Cc1ccc2c(c1)C(c1c[nH]c3ccccc13)(c1c[nH]c3ccccc13)CCS2. The number of thioether (sulfide) groups is 1. The molecule has 3 heterocycles. The molecule has 1 aliphatic rings. The van der Waals surface area contributed by atoms with E-state index in [1.54, 1.807) is 0 Å². The maximum atomic E-state index is 3.55. The highest BCUT2D eigenvalue weighted by atomic mass is 32.2. The summed E-state index contributed by atoms with van der Waals surface area (Å²) in [5.74, 6) is 1.11. The molecule has 2 N–H and O–H groups in total. The second-order valence-corrected chi connectivity index (χ2v) is 9.14. The number of aromatic amines is 2. The van der Waals surface area contributed by atoms with Crippen molar-refractivity contribution in [2.75, 3.05) is 5.75 Å². The summed E-state index contributed by atoms with van der Waals surface area (Å²) in [5.41, 5.74) is 7.74. The van der Waals surface area contributed by atoms with Gasteiger partial charge in [0.15, 0.2) is 0 Å². The number of nitrogens with one attached hydrogen (secondary N) is 2.